The van der Waals surface area contributed by atoms with Crippen LogP contribution in [0.4, 0.5) is 0 Å². The summed E-state index contributed by atoms with van der Waals surface area (Å²) < 4.78 is 7.77. The van der Waals surface area contributed by atoms with Crippen LogP contribution in [0, 0.1) is 5.92 Å². The lowest BCUT2D eigenvalue weighted by molar-refractivity contribution is -0.873. The second-order valence-electron chi connectivity index (χ2n) is 7.89. The Morgan fingerprint density at radius 2 is 1.77 bits per heavy atom. The van der Waals surface area contributed by atoms with Crippen molar-refractivity contribution in [2.45, 2.75) is 43.1 Å². The number of ether oxygens (including phenoxy) is 1. The number of quaternary nitrogens is 1. The van der Waals surface area contributed by atoms with Crippen molar-refractivity contribution in [1.82, 2.24) is 0 Å². The van der Waals surface area contributed by atoms with Crippen molar-refractivity contribution in [2.24, 2.45) is 5.92 Å². The summed E-state index contributed by atoms with van der Waals surface area (Å²) >= 11 is 2.07. The van der Waals surface area contributed by atoms with Crippen molar-refractivity contribution in [1.29, 1.82) is 0 Å². The molecule has 2 atom stereocenters. The molecule has 1 saturated carbocycles. The van der Waals surface area contributed by atoms with Crippen molar-refractivity contribution >= 4 is 11.8 Å². The van der Waals surface area contributed by atoms with Crippen molar-refractivity contribution in [3.8, 4) is 0 Å². The zero-order chi connectivity index (χ0) is 15.6. The Morgan fingerprint density at radius 3 is 2.41 bits per heavy atom. The van der Waals surface area contributed by atoms with Gasteiger partial charge in [0.15, 0.2) is 0 Å². The maximum Gasteiger partial charge on any atom is 0.142 e. The Kier molecular flexibility index (Phi) is 4.86. The minimum atomic E-state index is -0.0957. The van der Waals surface area contributed by atoms with Gasteiger partial charge in [-0.05, 0) is 18.4 Å². The molecule has 2 aliphatic rings. The van der Waals surface area contributed by atoms with Gasteiger partial charge >= 0.3 is 0 Å². The second kappa shape index (κ2) is 6.54. The molecule has 0 unspecified atom stereocenters. The van der Waals surface area contributed by atoms with Gasteiger partial charge in [-0.2, -0.15) is 0 Å². The van der Waals surface area contributed by atoms with Gasteiger partial charge in [-0.15, -0.1) is 11.8 Å². The molecule has 3 heteroatoms. The van der Waals surface area contributed by atoms with Crippen LogP contribution in [-0.4, -0.2) is 44.0 Å². The number of hydrogen-bond acceptors (Lipinski definition) is 2. The number of likely N-dealkylation sites (N-methyl/N-ethyl adjacent to an activating group) is 1. The molecule has 0 bridgehead atoms. The van der Waals surface area contributed by atoms with Crippen molar-refractivity contribution in [3.63, 3.8) is 0 Å². The molecule has 0 aromatic heterocycles. The predicted molar refractivity (Wildman–Crippen MR) is 94.9 cm³/mol. The fourth-order valence-electron chi connectivity index (χ4n) is 3.99. The molecular weight excluding hydrogens is 290 g/mol. The third kappa shape index (κ3) is 3.52. The molecule has 1 aromatic carbocycles. The largest absolute Gasteiger partial charge is 0.350 e. The molecule has 0 amide bonds. The smallest absolute Gasteiger partial charge is 0.142 e. The van der Waals surface area contributed by atoms with E-state index in [2.05, 4.69) is 63.2 Å². The summed E-state index contributed by atoms with van der Waals surface area (Å²) in [6, 6.07) is 11.0. The summed E-state index contributed by atoms with van der Waals surface area (Å²) in [5, 5.41) is 0. The summed E-state index contributed by atoms with van der Waals surface area (Å²) in [5.41, 5.74) is 1.39. The highest BCUT2D eigenvalue weighted by Gasteiger charge is 2.49. The summed E-state index contributed by atoms with van der Waals surface area (Å²) in [4.78, 5) is -0.0957. The Balaban J connectivity index is 1.85. The third-order valence-corrected chi connectivity index (χ3v) is 6.53. The summed E-state index contributed by atoms with van der Waals surface area (Å²) in [5.74, 6) is 1.80. The molecule has 122 valence electrons. The minimum absolute atomic E-state index is 0.0957. The lowest BCUT2D eigenvalue weighted by Crippen LogP contribution is -2.44. The van der Waals surface area contributed by atoms with E-state index in [1.165, 1.54) is 37.7 Å². The molecule has 2 nitrogen and oxygen atoms in total. The maximum absolute atomic E-state index is 6.80. The van der Waals surface area contributed by atoms with Crippen molar-refractivity contribution < 1.29 is 9.22 Å². The highest BCUT2D eigenvalue weighted by molar-refractivity contribution is 8.00. The third-order valence-electron chi connectivity index (χ3n) is 4.90. The van der Waals surface area contributed by atoms with Crippen LogP contribution >= 0.6 is 11.8 Å². The maximum atomic E-state index is 6.80. The van der Waals surface area contributed by atoms with E-state index >= 15 is 0 Å². The summed E-state index contributed by atoms with van der Waals surface area (Å²) in [6.45, 7) is 1.09. The van der Waals surface area contributed by atoms with Gasteiger partial charge in [-0.25, -0.2) is 0 Å². The van der Waals surface area contributed by atoms with E-state index in [1.54, 1.807) is 0 Å². The highest BCUT2D eigenvalue weighted by Crippen LogP contribution is 2.54. The Bertz CT molecular complexity index is 478. The van der Waals surface area contributed by atoms with Gasteiger partial charge in [0, 0.05) is 11.7 Å². The van der Waals surface area contributed by atoms with E-state index in [-0.39, 0.29) is 4.93 Å². The monoisotopic (exact) mass is 320 g/mol. The zero-order valence-electron chi connectivity index (χ0n) is 14.3. The van der Waals surface area contributed by atoms with Gasteiger partial charge < -0.3 is 9.22 Å². The van der Waals surface area contributed by atoms with Gasteiger partial charge in [0.1, 0.15) is 17.6 Å². The fraction of sp³-hybridized carbons (Fsp3) is 0.684. The Labute approximate surface area is 139 Å². The number of rotatable bonds is 4. The van der Waals surface area contributed by atoms with Crippen LogP contribution in [0.5, 0.6) is 0 Å². The SMILES string of the molecule is C[N+](C)(C)C[C@@H]1CS[C@@](c2ccccc2)(C2CCCCC2)O1. The van der Waals surface area contributed by atoms with Crippen LogP contribution in [0.2, 0.25) is 0 Å². The van der Waals surface area contributed by atoms with Gasteiger partial charge in [-0.3, -0.25) is 0 Å². The molecule has 2 fully saturated rings. The fourth-order valence-corrected chi connectivity index (χ4v) is 5.57. The minimum Gasteiger partial charge on any atom is -0.350 e. The van der Waals surface area contributed by atoms with E-state index in [4.69, 9.17) is 4.74 Å². The lowest BCUT2D eigenvalue weighted by Gasteiger charge is -2.39. The van der Waals surface area contributed by atoms with Gasteiger partial charge in [0.05, 0.1) is 21.1 Å². The van der Waals surface area contributed by atoms with E-state index in [9.17, 15) is 0 Å². The van der Waals surface area contributed by atoms with Crippen LogP contribution in [0.25, 0.3) is 0 Å². The van der Waals surface area contributed by atoms with Crippen LogP contribution in [0.15, 0.2) is 30.3 Å². The molecule has 1 heterocycles. The number of thioether (sulfide) groups is 1. The molecule has 1 aliphatic heterocycles. The van der Waals surface area contributed by atoms with E-state index in [1.807, 2.05) is 0 Å². The first-order valence-corrected chi connectivity index (χ1v) is 9.66. The molecule has 1 saturated heterocycles. The predicted octanol–water partition coefficient (Wildman–Crippen LogP) is 4.26. The normalized spacial score (nSPS) is 30.6. The van der Waals surface area contributed by atoms with Gasteiger partial charge in [0.2, 0.25) is 0 Å². The van der Waals surface area contributed by atoms with Crippen LogP contribution in [0.3, 0.4) is 0 Å². The molecule has 0 spiro atoms. The molecule has 1 aliphatic carbocycles. The van der Waals surface area contributed by atoms with E-state index < -0.39 is 0 Å². The highest BCUT2D eigenvalue weighted by atomic mass is 32.2. The summed E-state index contributed by atoms with van der Waals surface area (Å²) in [7, 11) is 6.78. The first kappa shape index (κ1) is 16.4. The van der Waals surface area contributed by atoms with E-state index in [0.717, 1.165) is 16.8 Å². The first-order valence-electron chi connectivity index (χ1n) is 8.67. The average Bonchev–Trinajstić information content (AvgIpc) is 2.92. The number of hydrogen-bond donors (Lipinski definition) is 0. The molecule has 0 radical (unpaired) electrons. The first-order chi connectivity index (χ1) is 10.5. The molecule has 3 rings (SSSR count). The number of nitrogens with zero attached hydrogens (tertiary/aromatic N) is 1. The quantitative estimate of drug-likeness (QED) is 0.767. The molecular formula is C19H30NOS+. The van der Waals surface area contributed by atoms with Crippen molar-refractivity contribution in [3.05, 3.63) is 35.9 Å². The van der Waals surface area contributed by atoms with Crippen molar-refractivity contribution in [2.75, 3.05) is 33.4 Å². The Morgan fingerprint density at radius 1 is 1.09 bits per heavy atom. The average molecular weight is 321 g/mol. The van der Waals surface area contributed by atoms with Crippen LogP contribution in [0.1, 0.15) is 37.7 Å². The summed E-state index contributed by atoms with van der Waals surface area (Å²) in [6.07, 6.45) is 7.13. The van der Waals surface area contributed by atoms with Gasteiger partial charge in [-0.1, -0.05) is 49.6 Å². The van der Waals surface area contributed by atoms with Crippen LogP contribution in [-0.2, 0) is 9.67 Å². The van der Waals surface area contributed by atoms with Gasteiger partial charge in [0.25, 0.3) is 0 Å². The lowest BCUT2D eigenvalue weighted by atomic mass is 9.82. The standard InChI is InChI=1S/C19H30NOS/c1-20(2,3)14-18-15-22-19(21-18,16-10-6-4-7-11-16)17-12-8-5-9-13-17/h4,6-7,10-11,17-18H,5,8-9,12-15H2,1-3H3/q+1/t18-,19+/m1/s1. The van der Waals surface area contributed by atoms with Crippen LogP contribution < -0.4 is 0 Å². The number of benzene rings is 1. The topological polar surface area (TPSA) is 9.23 Å². The molecule has 22 heavy (non-hydrogen) atoms. The molecule has 0 N–H and O–H groups in total. The van der Waals surface area contributed by atoms with E-state index in [0.29, 0.717) is 12.0 Å². The molecule has 1 aromatic rings. The Hall–Kier alpha value is -0.510. The second-order valence-corrected chi connectivity index (χ2v) is 9.12. The zero-order valence-corrected chi connectivity index (χ0v) is 15.1.